The number of rotatable bonds is 1. The molecule has 0 saturated carbocycles. The highest BCUT2D eigenvalue weighted by Crippen LogP contribution is 2.09. The molecular formula is C16H14N2O6. The highest BCUT2D eigenvalue weighted by atomic mass is 16.3. The van der Waals surface area contributed by atoms with Crippen molar-refractivity contribution in [2.24, 2.45) is 5.84 Å². The number of nitrogens with one attached hydrogen (secondary N) is 1. The molecule has 0 aliphatic carbocycles. The van der Waals surface area contributed by atoms with Crippen LogP contribution in [0.1, 0.15) is 10.4 Å². The van der Waals surface area contributed by atoms with Crippen LogP contribution in [0.2, 0.25) is 0 Å². The first-order valence-corrected chi connectivity index (χ1v) is 6.48. The lowest BCUT2D eigenvalue weighted by Crippen LogP contribution is -2.29. The molecule has 3 aromatic rings. The lowest BCUT2D eigenvalue weighted by Gasteiger charge is -1.98. The van der Waals surface area contributed by atoms with E-state index in [1.165, 1.54) is 24.3 Å². The maximum atomic E-state index is 11.0. The second kappa shape index (κ2) is 7.77. The van der Waals surface area contributed by atoms with Crippen molar-refractivity contribution in [3.63, 3.8) is 0 Å². The molecule has 3 rings (SSSR count). The average Bonchev–Trinajstić information content (AvgIpc) is 2.80. The quantitative estimate of drug-likeness (QED) is 0.224. The molecule has 8 nitrogen and oxygen atoms in total. The summed E-state index contributed by atoms with van der Waals surface area (Å²) in [6, 6.07) is 12.2. The van der Waals surface area contributed by atoms with Gasteiger partial charge in [-0.3, -0.25) is 24.6 Å². The molecule has 0 aliphatic rings. The number of carbonyl (C=O) groups is 1. The van der Waals surface area contributed by atoms with Gasteiger partial charge in [-0.2, -0.15) is 0 Å². The second-order valence-corrected chi connectivity index (χ2v) is 4.56. The number of amides is 1. The fraction of sp³-hybridized carbons (Fsp3) is 0. The molecule has 0 heterocycles. The number of fused-ring (bicyclic) bond motifs is 1. The van der Waals surface area contributed by atoms with Gasteiger partial charge in [0.15, 0.2) is 0 Å². The van der Waals surface area contributed by atoms with Gasteiger partial charge in [-0.1, -0.05) is 30.3 Å². The minimum absolute atomic E-state index is 0. The molecule has 0 radical (unpaired) electrons. The fourth-order valence-corrected chi connectivity index (χ4v) is 1.96. The topological polar surface area (TPSA) is 158 Å². The van der Waals surface area contributed by atoms with E-state index in [1.54, 1.807) is 24.3 Å². The van der Waals surface area contributed by atoms with Gasteiger partial charge in [0.2, 0.25) is 10.9 Å². The second-order valence-electron chi connectivity index (χ2n) is 4.56. The van der Waals surface area contributed by atoms with Gasteiger partial charge in [0.25, 0.3) is 11.3 Å². The van der Waals surface area contributed by atoms with Crippen molar-refractivity contribution >= 4 is 16.7 Å². The van der Waals surface area contributed by atoms with E-state index in [0.717, 1.165) is 0 Å². The number of benzene rings is 2. The van der Waals surface area contributed by atoms with Crippen molar-refractivity contribution < 1.29 is 15.4 Å². The van der Waals surface area contributed by atoms with E-state index in [2.05, 4.69) is 0 Å². The summed E-state index contributed by atoms with van der Waals surface area (Å²) in [5.41, 5.74) is 0.00926. The Morgan fingerprint density at radius 2 is 1.42 bits per heavy atom. The average molecular weight is 330 g/mol. The zero-order valence-electron chi connectivity index (χ0n) is 12.3. The Morgan fingerprint density at radius 1 is 0.875 bits per heavy atom. The summed E-state index contributed by atoms with van der Waals surface area (Å²) in [5, 5.41) is 9.39. The van der Waals surface area contributed by atoms with Gasteiger partial charge in [0.1, 0.15) is 5.75 Å². The maximum absolute atomic E-state index is 11.0. The van der Waals surface area contributed by atoms with Gasteiger partial charge in [0, 0.05) is 16.3 Å². The number of hydrogen-bond acceptors (Lipinski definition) is 6. The Hall–Kier alpha value is -3.36. The smallest absolute Gasteiger partial charge is 0.273 e. The zero-order chi connectivity index (χ0) is 17.0. The molecule has 6 N–H and O–H groups in total. The summed E-state index contributed by atoms with van der Waals surface area (Å²) >= 11 is 0. The maximum Gasteiger partial charge on any atom is 0.273 e. The van der Waals surface area contributed by atoms with E-state index in [-0.39, 0.29) is 22.0 Å². The van der Waals surface area contributed by atoms with Crippen LogP contribution < -0.4 is 27.6 Å². The van der Waals surface area contributed by atoms with Crippen LogP contribution in [0.25, 0.3) is 10.8 Å². The highest BCUT2D eigenvalue weighted by Gasteiger charge is 2.09. The van der Waals surface area contributed by atoms with Crippen molar-refractivity contribution in [2.75, 3.05) is 0 Å². The molecular weight excluding hydrogens is 316 g/mol. The summed E-state index contributed by atoms with van der Waals surface area (Å²) in [5.74, 6) is 4.50. The third-order valence-corrected chi connectivity index (χ3v) is 3.07. The minimum atomic E-state index is -0.920. The monoisotopic (exact) mass is 330 g/mol. The van der Waals surface area contributed by atoms with Crippen molar-refractivity contribution in [1.82, 2.24) is 5.43 Å². The predicted octanol–water partition coefficient (Wildman–Crippen LogP) is -1.03. The molecule has 3 aromatic carbocycles. The van der Waals surface area contributed by atoms with E-state index in [1.807, 2.05) is 5.43 Å². The predicted molar refractivity (Wildman–Crippen MR) is 88.5 cm³/mol. The Morgan fingerprint density at radius 3 is 1.88 bits per heavy atom. The van der Waals surface area contributed by atoms with Gasteiger partial charge in [0.05, 0.1) is 0 Å². The zero-order valence-corrected chi connectivity index (χ0v) is 12.3. The van der Waals surface area contributed by atoms with Crippen LogP contribution in [0.3, 0.4) is 0 Å². The molecule has 0 spiro atoms. The number of hydrazine groups is 1. The normalized spacial score (nSPS) is 9.54. The first-order valence-electron chi connectivity index (χ1n) is 6.48. The molecule has 0 atom stereocenters. The van der Waals surface area contributed by atoms with Crippen LogP contribution in [-0.2, 0) is 0 Å². The number of aromatic hydroxyl groups is 1. The minimum Gasteiger partial charge on any atom is -0.508 e. The molecule has 1 amide bonds. The molecule has 124 valence electrons. The van der Waals surface area contributed by atoms with Crippen molar-refractivity contribution in [3.05, 3.63) is 84.8 Å². The van der Waals surface area contributed by atoms with Gasteiger partial charge in [-0.05, 0) is 18.2 Å². The van der Waals surface area contributed by atoms with Gasteiger partial charge < -0.3 is 10.6 Å². The number of nitrogen functional groups attached to an aromatic ring is 1. The molecule has 0 unspecified atom stereocenters. The molecule has 0 saturated heterocycles. The van der Waals surface area contributed by atoms with E-state index < -0.39 is 22.2 Å². The Kier molecular flexibility index (Phi) is 6.05. The van der Waals surface area contributed by atoms with E-state index in [4.69, 9.17) is 10.9 Å². The number of phenols is 1. The largest absolute Gasteiger partial charge is 0.508 e. The molecule has 8 heteroatoms. The molecule has 24 heavy (non-hydrogen) atoms. The van der Waals surface area contributed by atoms with E-state index in [0.29, 0.717) is 5.56 Å². The number of nitrogens with two attached hydrogens (primary N) is 1. The Balaban J connectivity index is 0.000000232. The molecule has 0 bridgehead atoms. The first-order chi connectivity index (χ1) is 11.0. The summed E-state index contributed by atoms with van der Waals surface area (Å²) < 4.78 is 0. The number of phenolic OH excluding ortho intramolecular Hbond substituents is 1. The van der Waals surface area contributed by atoms with Crippen LogP contribution >= 0.6 is 0 Å². The van der Waals surface area contributed by atoms with Crippen LogP contribution in [0, 0.1) is 0 Å². The standard InChI is InChI=1S/C9H4O3.C7H8N2O2.H2O/c10-7-5-3-1-2-4-6(5)8(11)9(7)12;8-9-7(11)5-2-1-3-6(10)4-5;/h1-4H;1-4,10H,8H2,(H,9,11);1H2. The third kappa shape index (κ3) is 3.69. The molecule has 0 aromatic heterocycles. The van der Waals surface area contributed by atoms with Crippen LogP contribution in [0.15, 0.2) is 62.9 Å². The van der Waals surface area contributed by atoms with Crippen LogP contribution in [-0.4, -0.2) is 16.5 Å². The lowest BCUT2D eigenvalue weighted by molar-refractivity contribution is 0.0953. The van der Waals surface area contributed by atoms with Crippen molar-refractivity contribution in [1.29, 1.82) is 0 Å². The number of carbonyl (C=O) groups excluding carboxylic acids is 1. The molecule has 0 aliphatic heterocycles. The SMILES string of the molecule is NNC(=O)c1cccc(O)c1.O.O=c1c(=O)c2ccccc2c1=O. The van der Waals surface area contributed by atoms with Gasteiger partial charge >= 0.3 is 0 Å². The van der Waals surface area contributed by atoms with Crippen molar-refractivity contribution in [2.45, 2.75) is 0 Å². The summed E-state index contributed by atoms with van der Waals surface area (Å²) in [7, 11) is 0. The Labute approximate surface area is 134 Å². The highest BCUT2D eigenvalue weighted by molar-refractivity contribution is 5.94. The van der Waals surface area contributed by atoms with Crippen LogP contribution in [0.5, 0.6) is 5.75 Å². The van der Waals surface area contributed by atoms with E-state index >= 15 is 0 Å². The summed E-state index contributed by atoms with van der Waals surface area (Å²) in [6.45, 7) is 0. The third-order valence-electron chi connectivity index (χ3n) is 3.07. The summed E-state index contributed by atoms with van der Waals surface area (Å²) in [4.78, 5) is 43.8. The van der Waals surface area contributed by atoms with Crippen LogP contribution in [0.4, 0.5) is 0 Å². The van der Waals surface area contributed by atoms with Crippen molar-refractivity contribution in [3.8, 4) is 5.75 Å². The van der Waals surface area contributed by atoms with Gasteiger partial charge in [-0.15, -0.1) is 0 Å². The summed E-state index contributed by atoms with van der Waals surface area (Å²) in [6.07, 6.45) is 0. The first kappa shape index (κ1) is 18.7. The number of hydrogen-bond donors (Lipinski definition) is 3. The fourth-order valence-electron chi connectivity index (χ4n) is 1.96. The van der Waals surface area contributed by atoms with E-state index in [9.17, 15) is 19.2 Å². The van der Waals surface area contributed by atoms with Gasteiger partial charge in [-0.25, -0.2) is 5.84 Å². The molecule has 0 fully saturated rings. The Bertz CT molecular complexity index is 955. The lowest BCUT2D eigenvalue weighted by atomic mass is 10.2.